The van der Waals surface area contributed by atoms with E-state index in [0.717, 1.165) is 5.56 Å². The van der Waals surface area contributed by atoms with Crippen LogP contribution in [0.25, 0.3) is 0 Å². The van der Waals surface area contributed by atoms with Crippen LogP contribution in [0.4, 0.5) is 0 Å². The molecule has 0 saturated carbocycles. The van der Waals surface area contributed by atoms with Crippen LogP contribution in [0.5, 0.6) is 0 Å². The molecule has 0 amide bonds. The Bertz CT molecular complexity index is 378. The van der Waals surface area contributed by atoms with Crippen LogP contribution in [-0.2, 0) is 16.2 Å². The molecule has 0 bridgehead atoms. The van der Waals surface area contributed by atoms with E-state index < -0.39 is 10.8 Å². The van der Waals surface area contributed by atoms with E-state index in [1.165, 1.54) is 5.56 Å². The van der Waals surface area contributed by atoms with Crippen molar-refractivity contribution in [2.45, 2.75) is 39.2 Å². The summed E-state index contributed by atoms with van der Waals surface area (Å²) >= 11 is 0. The molecule has 0 radical (unpaired) electrons. The van der Waals surface area contributed by atoms with Gasteiger partial charge in [-0.1, -0.05) is 52.0 Å². The maximum atomic E-state index is 11.5. The van der Waals surface area contributed by atoms with Crippen LogP contribution in [0.1, 0.15) is 44.9 Å². The van der Waals surface area contributed by atoms with Gasteiger partial charge in [-0.2, -0.15) is 0 Å². The molecule has 2 N–H and O–H groups in total. The minimum atomic E-state index is -0.805. The lowest BCUT2D eigenvalue weighted by Crippen LogP contribution is -2.19. The van der Waals surface area contributed by atoms with E-state index in [2.05, 4.69) is 45.0 Å². The number of benzene rings is 1. The number of hydrogen-bond acceptors (Lipinski definition) is 2. The second kappa shape index (κ2) is 5.78. The second-order valence-corrected chi connectivity index (χ2v) is 7.16. The number of nitrogens with two attached hydrogens (primary N) is 1. The summed E-state index contributed by atoms with van der Waals surface area (Å²) in [5.41, 5.74) is 8.56. The van der Waals surface area contributed by atoms with Crippen LogP contribution >= 0.6 is 0 Å². The van der Waals surface area contributed by atoms with Crippen molar-refractivity contribution in [2.75, 3.05) is 11.5 Å². The summed E-state index contributed by atoms with van der Waals surface area (Å²) in [7, 11) is -0.805. The topological polar surface area (TPSA) is 43.1 Å². The molecule has 0 spiro atoms. The lowest BCUT2D eigenvalue weighted by atomic mass is 9.86. The first-order valence-corrected chi connectivity index (χ1v) is 7.54. The smallest absolute Gasteiger partial charge is 0.0428 e. The molecule has 0 fully saturated rings. The standard InChI is InChI=1S/C14H23NOS/c1-5-17(16)10-13(15)11-6-8-12(9-7-11)14(2,3)4/h6-9,13H,5,10,15H2,1-4H3. The van der Waals surface area contributed by atoms with E-state index in [9.17, 15) is 4.21 Å². The molecule has 0 aromatic heterocycles. The fourth-order valence-corrected chi connectivity index (χ4v) is 2.47. The number of hydrogen-bond donors (Lipinski definition) is 1. The Balaban J connectivity index is 2.77. The third-order valence-electron chi connectivity index (χ3n) is 2.89. The molecule has 2 atom stereocenters. The van der Waals surface area contributed by atoms with Gasteiger partial charge in [0.2, 0.25) is 0 Å². The summed E-state index contributed by atoms with van der Waals surface area (Å²) in [5.74, 6) is 1.22. The van der Waals surface area contributed by atoms with Gasteiger partial charge >= 0.3 is 0 Å². The molecular formula is C14H23NOS. The SMILES string of the molecule is CCS(=O)CC(N)c1ccc(C(C)(C)C)cc1. The van der Waals surface area contributed by atoms with Crippen molar-refractivity contribution in [3.63, 3.8) is 0 Å². The highest BCUT2D eigenvalue weighted by atomic mass is 32.2. The van der Waals surface area contributed by atoms with Crippen molar-refractivity contribution < 1.29 is 4.21 Å². The zero-order chi connectivity index (χ0) is 13.1. The minimum absolute atomic E-state index is 0.121. The van der Waals surface area contributed by atoms with Crippen molar-refractivity contribution in [1.82, 2.24) is 0 Å². The fraction of sp³-hybridized carbons (Fsp3) is 0.571. The van der Waals surface area contributed by atoms with E-state index in [1.807, 2.05) is 6.92 Å². The monoisotopic (exact) mass is 253 g/mol. The predicted molar refractivity (Wildman–Crippen MR) is 75.6 cm³/mol. The van der Waals surface area contributed by atoms with Crippen LogP contribution in [0, 0.1) is 0 Å². The van der Waals surface area contributed by atoms with Crippen molar-refractivity contribution in [3.8, 4) is 0 Å². The summed E-state index contributed by atoms with van der Waals surface area (Å²) in [6.07, 6.45) is 0. The summed E-state index contributed by atoms with van der Waals surface area (Å²) in [6, 6.07) is 8.22. The Labute approximate surface area is 107 Å². The highest BCUT2D eigenvalue weighted by Crippen LogP contribution is 2.23. The lowest BCUT2D eigenvalue weighted by Gasteiger charge is -2.20. The summed E-state index contributed by atoms with van der Waals surface area (Å²) < 4.78 is 11.5. The third-order valence-corrected chi connectivity index (χ3v) is 4.27. The van der Waals surface area contributed by atoms with Gasteiger partial charge in [0.25, 0.3) is 0 Å². The summed E-state index contributed by atoms with van der Waals surface area (Å²) in [5, 5.41) is 0. The highest BCUT2D eigenvalue weighted by Gasteiger charge is 2.14. The molecule has 1 aromatic rings. The Morgan fingerprint density at radius 2 is 1.76 bits per heavy atom. The van der Waals surface area contributed by atoms with E-state index >= 15 is 0 Å². The largest absolute Gasteiger partial charge is 0.323 e. The van der Waals surface area contributed by atoms with Gasteiger partial charge in [0, 0.05) is 28.3 Å². The average molecular weight is 253 g/mol. The van der Waals surface area contributed by atoms with Crippen molar-refractivity contribution in [3.05, 3.63) is 35.4 Å². The van der Waals surface area contributed by atoms with Gasteiger partial charge in [0.15, 0.2) is 0 Å². The van der Waals surface area contributed by atoms with Gasteiger partial charge in [-0.15, -0.1) is 0 Å². The highest BCUT2D eigenvalue weighted by molar-refractivity contribution is 7.84. The van der Waals surface area contributed by atoms with Crippen molar-refractivity contribution in [2.24, 2.45) is 5.73 Å². The predicted octanol–water partition coefficient (Wildman–Crippen LogP) is 2.75. The van der Waals surface area contributed by atoms with Crippen LogP contribution in [-0.4, -0.2) is 15.7 Å². The molecule has 3 heteroatoms. The third kappa shape index (κ3) is 4.25. The Kier molecular flexibility index (Phi) is 4.90. The molecule has 0 heterocycles. The maximum Gasteiger partial charge on any atom is 0.0428 e. The molecule has 0 saturated heterocycles. The molecule has 1 aromatic carbocycles. The Morgan fingerprint density at radius 1 is 1.24 bits per heavy atom. The number of rotatable bonds is 4. The van der Waals surface area contributed by atoms with Crippen LogP contribution in [0.3, 0.4) is 0 Å². The molecule has 2 nitrogen and oxygen atoms in total. The van der Waals surface area contributed by atoms with Gasteiger partial charge < -0.3 is 5.73 Å². The molecule has 17 heavy (non-hydrogen) atoms. The second-order valence-electron chi connectivity index (χ2n) is 5.37. The van der Waals surface area contributed by atoms with E-state index in [1.54, 1.807) is 0 Å². The van der Waals surface area contributed by atoms with Crippen LogP contribution < -0.4 is 5.73 Å². The zero-order valence-electron chi connectivity index (χ0n) is 11.2. The van der Waals surface area contributed by atoms with E-state index in [0.29, 0.717) is 11.5 Å². The molecule has 1 rings (SSSR count). The fourth-order valence-electron chi connectivity index (χ4n) is 1.64. The molecular weight excluding hydrogens is 230 g/mol. The first-order chi connectivity index (χ1) is 7.84. The molecule has 2 unspecified atom stereocenters. The molecule has 0 aliphatic heterocycles. The first kappa shape index (κ1) is 14.4. The quantitative estimate of drug-likeness (QED) is 0.896. The van der Waals surface area contributed by atoms with Crippen molar-refractivity contribution >= 4 is 10.8 Å². The zero-order valence-corrected chi connectivity index (χ0v) is 12.0. The van der Waals surface area contributed by atoms with Gasteiger partial charge in [-0.3, -0.25) is 4.21 Å². The van der Waals surface area contributed by atoms with Gasteiger partial charge in [-0.05, 0) is 16.5 Å². The summed E-state index contributed by atoms with van der Waals surface area (Å²) in [4.78, 5) is 0. The lowest BCUT2D eigenvalue weighted by molar-refractivity contribution is 0.589. The first-order valence-electron chi connectivity index (χ1n) is 6.05. The summed E-state index contributed by atoms with van der Waals surface area (Å²) in [6.45, 7) is 8.49. The minimum Gasteiger partial charge on any atom is -0.323 e. The van der Waals surface area contributed by atoms with Gasteiger partial charge in [0.1, 0.15) is 0 Å². The van der Waals surface area contributed by atoms with Crippen LogP contribution in [0.2, 0.25) is 0 Å². The van der Waals surface area contributed by atoms with Crippen LogP contribution in [0.15, 0.2) is 24.3 Å². The Hall–Kier alpha value is -0.670. The maximum absolute atomic E-state index is 11.5. The Morgan fingerprint density at radius 3 is 2.18 bits per heavy atom. The van der Waals surface area contributed by atoms with Gasteiger partial charge in [0.05, 0.1) is 0 Å². The normalized spacial score (nSPS) is 15.6. The molecule has 96 valence electrons. The molecule has 0 aliphatic carbocycles. The van der Waals surface area contributed by atoms with E-state index in [4.69, 9.17) is 5.73 Å². The molecule has 0 aliphatic rings. The van der Waals surface area contributed by atoms with Gasteiger partial charge in [-0.25, -0.2) is 0 Å². The van der Waals surface area contributed by atoms with Crippen molar-refractivity contribution in [1.29, 1.82) is 0 Å². The average Bonchev–Trinajstić information content (AvgIpc) is 2.27. The van der Waals surface area contributed by atoms with E-state index in [-0.39, 0.29) is 11.5 Å².